The molecule has 0 N–H and O–H groups in total. The van der Waals surface area contributed by atoms with E-state index < -0.39 is 17.9 Å². The van der Waals surface area contributed by atoms with E-state index in [4.69, 9.17) is 14.2 Å². The summed E-state index contributed by atoms with van der Waals surface area (Å²) in [6, 6.07) is 25.7. The van der Waals surface area contributed by atoms with Gasteiger partial charge in [-0.3, -0.25) is 0 Å². The fourth-order valence-corrected chi connectivity index (χ4v) is 4.09. The molecule has 0 aliphatic carbocycles. The lowest BCUT2D eigenvalue weighted by atomic mass is 10.0. The van der Waals surface area contributed by atoms with Gasteiger partial charge >= 0.3 is 17.9 Å². The number of carbonyl (C=O) groups is 3. The van der Waals surface area contributed by atoms with Gasteiger partial charge in [0.1, 0.15) is 17.2 Å². The summed E-state index contributed by atoms with van der Waals surface area (Å²) in [6.45, 7) is 15.8. The SMILES string of the molecule is C=CC(=O)Oc1ccc(C#Cc2cc(OC(=O)C(=C)C)c(/C=C/c3ccc(/C=C/c4ccc(OC(=O)C(=C)C)cc4)cc3)cc2C)cc1. The van der Waals surface area contributed by atoms with Crippen LogP contribution in [0.2, 0.25) is 0 Å². The number of hydrogen-bond donors (Lipinski definition) is 0. The molecule has 0 amide bonds. The van der Waals surface area contributed by atoms with Crippen LogP contribution in [-0.2, 0) is 14.4 Å². The van der Waals surface area contributed by atoms with E-state index in [9.17, 15) is 14.4 Å². The van der Waals surface area contributed by atoms with Crippen molar-refractivity contribution < 1.29 is 28.6 Å². The van der Waals surface area contributed by atoms with Crippen molar-refractivity contribution in [2.75, 3.05) is 0 Å². The van der Waals surface area contributed by atoms with Gasteiger partial charge < -0.3 is 14.2 Å². The van der Waals surface area contributed by atoms with Crippen molar-refractivity contribution in [3.8, 4) is 29.1 Å². The third-order valence-corrected chi connectivity index (χ3v) is 6.79. The predicted octanol–water partition coefficient (Wildman–Crippen LogP) is 8.79. The molecule has 0 radical (unpaired) electrons. The molecule has 0 atom stereocenters. The summed E-state index contributed by atoms with van der Waals surface area (Å²) in [5.41, 5.74) is 6.56. The van der Waals surface area contributed by atoms with Crippen LogP contribution in [0.1, 0.15) is 52.8 Å². The first-order valence-corrected chi connectivity index (χ1v) is 14.9. The summed E-state index contributed by atoms with van der Waals surface area (Å²) < 4.78 is 16.0. The molecule has 0 aliphatic rings. The summed E-state index contributed by atoms with van der Waals surface area (Å²) in [5.74, 6) is 5.94. The van der Waals surface area contributed by atoms with Gasteiger partial charge in [0.2, 0.25) is 0 Å². The summed E-state index contributed by atoms with van der Waals surface area (Å²) in [6.07, 6.45) is 8.90. The van der Waals surface area contributed by atoms with E-state index in [2.05, 4.69) is 31.6 Å². The number of benzene rings is 4. The monoisotopic (exact) mass is 634 g/mol. The predicted molar refractivity (Wildman–Crippen MR) is 191 cm³/mol. The molecule has 48 heavy (non-hydrogen) atoms. The zero-order valence-corrected chi connectivity index (χ0v) is 27.0. The average molecular weight is 635 g/mol. The Morgan fingerprint density at radius 2 is 1.10 bits per heavy atom. The molecule has 0 unspecified atom stereocenters. The Bertz CT molecular complexity index is 2000. The summed E-state index contributed by atoms with van der Waals surface area (Å²) in [4.78, 5) is 35.6. The van der Waals surface area contributed by atoms with Crippen molar-refractivity contribution in [1.82, 2.24) is 0 Å². The first kappa shape index (κ1) is 34.4. The lowest BCUT2D eigenvalue weighted by molar-refractivity contribution is -0.130. The maximum absolute atomic E-state index is 12.5. The van der Waals surface area contributed by atoms with Crippen molar-refractivity contribution in [1.29, 1.82) is 0 Å². The molecular weight excluding hydrogens is 600 g/mol. The Balaban J connectivity index is 1.50. The fourth-order valence-electron chi connectivity index (χ4n) is 4.09. The smallest absolute Gasteiger partial charge is 0.338 e. The number of esters is 3. The second-order valence-corrected chi connectivity index (χ2v) is 10.8. The van der Waals surface area contributed by atoms with Crippen molar-refractivity contribution in [2.45, 2.75) is 20.8 Å². The van der Waals surface area contributed by atoms with Crippen LogP contribution in [0.15, 0.2) is 122 Å². The van der Waals surface area contributed by atoms with Gasteiger partial charge in [-0.05, 0) is 91.6 Å². The van der Waals surface area contributed by atoms with Gasteiger partial charge in [0, 0.05) is 33.9 Å². The molecule has 4 aromatic carbocycles. The second-order valence-electron chi connectivity index (χ2n) is 10.8. The Hall–Kier alpha value is -6.45. The minimum absolute atomic E-state index is 0.279. The van der Waals surface area contributed by atoms with Crippen molar-refractivity contribution in [2.24, 2.45) is 0 Å². The number of ether oxygens (including phenoxy) is 3. The van der Waals surface area contributed by atoms with E-state index in [0.717, 1.165) is 33.9 Å². The average Bonchev–Trinajstić information content (AvgIpc) is 3.08. The molecule has 0 saturated carbocycles. The van der Waals surface area contributed by atoms with Crippen LogP contribution in [0, 0.1) is 18.8 Å². The molecular formula is C42H34O6. The van der Waals surface area contributed by atoms with Crippen LogP contribution in [0.5, 0.6) is 17.2 Å². The lowest BCUT2D eigenvalue weighted by Gasteiger charge is -2.10. The quantitative estimate of drug-likeness (QED) is 0.0571. The van der Waals surface area contributed by atoms with Gasteiger partial charge in [-0.1, -0.05) is 92.3 Å². The molecule has 6 heteroatoms. The first-order valence-electron chi connectivity index (χ1n) is 14.9. The van der Waals surface area contributed by atoms with Gasteiger partial charge in [0.25, 0.3) is 0 Å². The third kappa shape index (κ3) is 10.0. The van der Waals surface area contributed by atoms with Crippen molar-refractivity contribution in [3.05, 3.63) is 161 Å². The van der Waals surface area contributed by atoms with Crippen molar-refractivity contribution in [3.63, 3.8) is 0 Å². The fraction of sp³-hybridized carbons (Fsp3) is 0.0714. The number of aryl methyl sites for hydroxylation is 1. The summed E-state index contributed by atoms with van der Waals surface area (Å²) >= 11 is 0. The molecule has 238 valence electrons. The molecule has 0 saturated heterocycles. The first-order chi connectivity index (χ1) is 23.0. The molecule has 6 nitrogen and oxygen atoms in total. The molecule has 4 aromatic rings. The van der Waals surface area contributed by atoms with E-state index in [-0.39, 0.29) is 5.57 Å². The number of hydrogen-bond acceptors (Lipinski definition) is 6. The Labute approximate surface area is 281 Å². The van der Waals surface area contributed by atoms with Crippen LogP contribution in [0.3, 0.4) is 0 Å². The molecule has 4 rings (SSSR count). The Morgan fingerprint density at radius 3 is 1.65 bits per heavy atom. The third-order valence-electron chi connectivity index (χ3n) is 6.79. The number of rotatable bonds is 10. The van der Waals surface area contributed by atoms with Crippen molar-refractivity contribution >= 4 is 42.2 Å². The Morgan fingerprint density at radius 1 is 0.625 bits per heavy atom. The molecule has 0 fully saturated rings. The second kappa shape index (κ2) is 16.2. The van der Waals surface area contributed by atoms with E-state index in [0.29, 0.717) is 33.9 Å². The summed E-state index contributed by atoms with van der Waals surface area (Å²) in [5, 5.41) is 0. The van der Waals surface area contributed by atoms with Gasteiger partial charge in [0.15, 0.2) is 0 Å². The van der Waals surface area contributed by atoms with Gasteiger partial charge in [-0.15, -0.1) is 0 Å². The minimum Gasteiger partial charge on any atom is -0.423 e. The molecule has 0 spiro atoms. The Kier molecular flexibility index (Phi) is 11.6. The lowest BCUT2D eigenvalue weighted by Crippen LogP contribution is -2.09. The van der Waals surface area contributed by atoms with Crippen LogP contribution >= 0.6 is 0 Å². The molecule has 0 bridgehead atoms. The normalized spacial score (nSPS) is 10.6. The minimum atomic E-state index is -0.536. The van der Waals surface area contributed by atoms with E-state index in [1.54, 1.807) is 56.3 Å². The van der Waals surface area contributed by atoms with Gasteiger partial charge in [-0.2, -0.15) is 0 Å². The van der Waals surface area contributed by atoms with Crippen LogP contribution < -0.4 is 14.2 Å². The van der Waals surface area contributed by atoms with E-state index in [1.165, 1.54) is 0 Å². The molecule has 0 heterocycles. The zero-order valence-electron chi connectivity index (χ0n) is 27.0. The van der Waals surface area contributed by atoms with E-state index >= 15 is 0 Å². The molecule has 0 aliphatic heterocycles. The highest BCUT2D eigenvalue weighted by Crippen LogP contribution is 2.27. The zero-order chi connectivity index (χ0) is 34.6. The highest BCUT2D eigenvalue weighted by atomic mass is 16.5. The maximum Gasteiger partial charge on any atom is 0.338 e. The van der Waals surface area contributed by atoms with Crippen LogP contribution in [-0.4, -0.2) is 17.9 Å². The maximum atomic E-state index is 12.5. The van der Waals surface area contributed by atoms with Gasteiger partial charge in [-0.25, -0.2) is 14.4 Å². The highest BCUT2D eigenvalue weighted by Gasteiger charge is 2.12. The standard InChI is InChI=1S/C42H34O6/c1-7-40(43)46-37-22-16-34(17-23-37)14-20-35-27-39(48-42(45)29(4)5)36(26-30(35)6)21-15-32-11-8-31(9-12-32)10-13-33-18-24-38(25-19-33)47-41(44)28(2)3/h7-13,15-19,21-27H,1-2,4H2,3,5-6H3/b13-10+,21-15+. The van der Waals surface area contributed by atoms with Crippen LogP contribution in [0.25, 0.3) is 24.3 Å². The highest BCUT2D eigenvalue weighted by molar-refractivity contribution is 5.90. The van der Waals surface area contributed by atoms with E-state index in [1.807, 2.05) is 73.7 Å². The van der Waals surface area contributed by atoms with Crippen LogP contribution in [0.4, 0.5) is 0 Å². The topological polar surface area (TPSA) is 78.9 Å². The molecule has 0 aromatic heterocycles. The van der Waals surface area contributed by atoms with Gasteiger partial charge in [0.05, 0.1) is 0 Å². The number of carbonyl (C=O) groups excluding carboxylic acids is 3. The largest absolute Gasteiger partial charge is 0.423 e. The summed E-state index contributed by atoms with van der Waals surface area (Å²) in [7, 11) is 0.